The van der Waals surface area contributed by atoms with Crippen molar-refractivity contribution in [1.82, 2.24) is 4.98 Å². The molecule has 2 rings (SSSR count). The Kier molecular flexibility index (Phi) is 2.54. The molecule has 0 unspecified atom stereocenters. The molecular formula is C10H5ClF3NO2. The van der Waals surface area contributed by atoms with Crippen LogP contribution < -0.4 is 0 Å². The summed E-state index contributed by atoms with van der Waals surface area (Å²) in [4.78, 5) is 13.0. The Morgan fingerprint density at radius 2 is 2.00 bits per heavy atom. The summed E-state index contributed by atoms with van der Waals surface area (Å²) >= 11 is 5.71. The lowest BCUT2D eigenvalue weighted by Gasteiger charge is -2.08. The summed E-state index contributed by atoms with van der Waals surface area (Å²) in [5.41, 5.74) is -1.28. The first-order valence-electron chi connectivity index (χ1n) is 4.42. The van der Waals surface area contributed by atoms with Crippen molar-refractivity contribution in [1.29, 1.82) is 0 Å². The van der Waals surface area contributed by atoms with Gasteiger partial charge in [0.1, 0.15) is 5.69 Å². The van der Waals surface area contributed by atoms with Crippen LogP contribution in [0.25, 0.3) is 10.9 Å². The van der Waals surface area contributed by atoms with E-state index in [-0.39, 0.29) is 21.6 Å². The topological polar surface area (TPSA) is 53.1 Å². The van der Waals surface area contributed by atoms with Gasteiger partial charge in [0, 0.05) is 5.39 Å². The first-order valence-corrected chi connectivity index (χ1v) is 4.80. The Hall–Kier alpha value is -1.69. The number of fused-ring (bicyclic) bond motifs is 1. The van der Waals surface area contributed by atoms with Gasteiger partial charge < -0.3 is 10.1 Å². The van der Waals surface area contributed by atoms with Gasteiger partial charge in [0.2, 0.25) is 0 Å². The fourth-order valence-corrected chi connectivity index (χ4v) is 1.76. The molecule has 3 nitrogen and oxygen atoms in total. The van der Waals surface area contributed by atoms with Crippen LogP contribution in [-0.4, -0.2) is 16.1 Å². The van der Waals surface area contributed by atoms with Crippen LogP contribution in [0.3, 0.4) is 0 Å². The standard InChI is InChI=1S/C10H5ClF3NO2/c11-6-2-1-5(10(12,13)14)4-3-7(9(16)17)15-8(4)6/h1-3,15H,(H,16,17). The van der Waals surface area contributed by atoms with Crippen LogP contribution >= 0.6 is 11.6 Å². The molecule has 0 spiro atoms. The molecule has 1 aromatic carbocycles. The van der Waals surface area contributed by atoms with Gasteiger partial charge in [-0.25, -0.2) is 4.79 Å². The second-order valence-corrected chi connectivity index (χ2v) is 3.78. The van der Waals surface area contributed by atoms with Gasteiger partial charge in [0.05, 0.1) is 16.1 Å². The molecule has 0 aliphatic carbocycles. The molecule has 2 aromatic rings. The van der Waals surface area contributed by atoms with Gasteiger partial charge in [-0.3, -0.25) is 0 Å². The third-order valence-corrected chi connectivity index (χ3v) is 2.59. The average Bonchev–Trinajstić information content (AvgIpc) is 2.61. The van der Waals surface area contributed by atoms with Crippen molar-refractivity contribution in [2.75, 3.05) is 0 Å². The van der Waals surface area contributed by atoms with Crippen molar-refractivity contribution in [3.8, 4) is 0 Å². The van der Waals surface area contributed by atoms with E-state index >= 15 is 0 Å². The number of rotatable bonds is 1. The minimum Gasteiger partial charge on any atom is -0.477 e. The Balaban J connectivity index is 2.81. The second-order valence-electron chi connectivity index (χ2n) is 3.37. The zero-order valence-electron chi connectivity index (χ0n) is 8.10. The summed E-state index contributed by atoms with van der Waals surface area (Å²) < 4.78 is 38.0. The van der Waals surface area contributed by atoms with Crippen LogP contribution in [-0.2, 0) is 6.18 Å². The molecule has 0 aliphatic heterocycles. The predicted octanol–water partition coefficient (Wildman–Crippen LogP) is 3.54. The number of hydrogen-bond donors (Lipinski definition) is 2. The lowest BCUT2D eigenvalue weighted by atomic mass is 10.1. The molecule has 0 fully saturated rings. The summed E-state index contributed by atoms with van der Waals surface area (Å²) in [5.74, 6) is -1.34. The van der Waals surface area contributed by atoms with Crippen molar-refractivity contribution < 1.29 is 23.1 Å². The molecule has 0 saturated carbocycles. The summed E-state index contributed by atoms with van der Waals surface area (Å²) in [7, 11) is 0. The van der Waals surface area contributed by atoms with E-state index in [0.29, 0.717) is 0 Å². The van der Waals surface area contributed by atoms with Crippen LogP contribution in [0.5, 0.6) is 0 Å². The minimum atomic E-state index is -4.55. The third kappa shape index (κ3) is 1.95. The average molecular weight is 264 g/mol. The smallest absolute Gasteiger partial charge is 0.417 e. The molecule has 90 valence electrons. The van der Waals surface area contributed by atoms with E-state index < -0.39 is 17.7 Å². The zero-order chi connectivity index (χ0) is 12.8. The molecule has 0 atom stereocenters. The zero-order valence-corrected chi connectivity index (χ0v) is 8.86. The highest BCUT2D eigenvalue weighted by atomic mass is 35.5. The maximum Gasteiger partial charge on any atom is 0.417 e. The summed E-state index contributed by atoms with van der Waals surface area (Å²) in [5, 5.41) is 8.51. The maximum atomic E-state index is 12.7. The second kappa shape index (κ2) is 3.66. The van der Waals surface area contributed by atoms with E-state index in [9.17, 15) is 18.0 Å². The van der Waals surface area contributed by atoms with Crippen molar-refractivity contribution >= 4 is 28.5 Å². The van der Waals surface area contributed by atoms with Crippen molar-refractivity contribution in [3.63, 3.8) is 0 Å². The quantitative estimate of drug-likeness (QED) is 0.827. The highest BCUT2D eigenvalue weighted by Crippen LogP contribution is 2.37. The van der Waals surface area contributed by atoms with E-state index in [1.807, 2.05) is 0 Å². The van der Waals surface area contributed by atoms with Crippen LogP contribution in [0.15, 0.2) is 18.2 Å². The molecule has 1 aromatic heterocycles. The molecule has 17 heavy (non-hydrogen) atoms. The van der Waals surface area contributed by atoms with E-state index in [2.05, 4.69) is 4.98 Å². The SMILES string of the molecule is O=C(O)c1cc2c(C(F)(F)F)ccc(Cl)c2[nH]1. The number of carboxylic acid groups (broad SMARTS) is 1. The lowest BCUT2D eigenvalue weighted by Crippen LogP contribution is -2.05. The number of H-pyrrole nitrogens is 1. The van der Waals surface area contributed by atoms with Crippen LogP contribution in [0.1, 0.15) is 16.1 Å². The van der Waals surface area contributed by atoms with Gasteiger partial charge in [-0.05, 0) is 18.2 Å². The lowest BCUT2D eigenvalue weighted by molar-refractivity contribution is -0.136. The fraction of sp³-hybridized carbons (Fsp3) is 0.100. The third-order valence-electron chi connectivity index (χ3n) is 2.28. The van der Waals surface area contributed by atoms with Gasteiger partial charge in [0.15, 0.2) is 0 Å². The van der Waals surface area contributed by atoms with Gasteiger partial charge in [0.25, 0.3) is 0 Å². The summed E-state index contributed by atoms with van der Waals surface area (Å²) in [6.45, 7) is 0. The number of aromatic amines is 1. The Bertz CT molecular complexity index is 603. The Morgan fingerprint density at radius 1 is 1.35 bits per heavy atom. The van der Waals surface area contributed by atoms with E-state index in [4.69, 9.17) is 16.7 Å². The van der Waals surface area contributed by atoms with Gasteiger partial charge in [-0.2, -0.15) is 13.2 Å². The Labute approximate surface area is 97.8 Å². The van der Waals surface area contributed by atoms with Crippen molar-refractivity contribution in [2.45, 2.75) is 6.18 Å². The van der Waals surface area contributed by atoms with E-state index in [1.54, 1.807) is 0 Å². The molecule has 1 heterocycles. The number of halogens is 4. The highest BCUT2D eigenvalue weighted by Gasteiger charge is 2.33. The maximum absolute atomic E-state index is 12.7. The molecule has 2 N–H and O–H groups in total. The molecule has 0 amide bonds. The molecule has 0 bridgehead atoms. The van der Waals surface area contributed by atoms with Crippen LogP contribution in [0.2, 0.25) is 5.02 Å². The van der Waals surface area contributed by atoms with Crippen LogP contribution in [0.4, 0.5) is 13.2 Å². The number of alkyl halides is 3. The van der Waals surface area contributed by atoms with E-state index in [0.717, 1.165) is 18.2 Å². The van der Waals surface area contributed by atoms with Crippen molar-refractivity contribution in [3.05, 3.63) is 34.5 Å². The Morgan fingerprint density at radius 3 is 2.53 bits per heavy atom. The molecule has 0 saturated heterocycles. The predicted molar refractivity (Wildman–Crippen MR) is 55.3 cm³/mol. The number of nitrogens with one attached hydrogen (secondary N) is 1. The van der Waals surface area contributed by atoms with Gasteiger partial charge in [-0.15, -0.1) is 0 Å². The normalized spacial score (nSPS) is 12.0. The molecule has 0 radical (unpaired) electrons. The number of aromatic carboxylic acids is 1. The number of carbonyl (C=O) groups is 1. The van der Waals surface area contributed by atoms with Crippen LogP contribution in [0, 0.1) is 0 Å². The number of aromatic nitrogens is 1. The minimum absolute atomic E-state index is 0.0288. The number of hydrogen-bond acceptors (Lipinski definition) is 1. The first-order chi connectivity index (χ1) is 7.80. The highest BCUT2D eigenvalue weighted by molar-refractivity contribution is 6.35. The number of carboxylic acids is 1. The fourth-order valence-electron chi connectivity index (χ4n) is 1.55. The molecule has 0 aliphatic rings. The van der Waals surface area contributed by atoms with E-state index in [1.165, 1.54) is 0 Å². The molecule has 7 heteroatoms. The first kappa shape index (κ1) is 11.8. The monoisotopic (exact) mass is 263 g/mol. The number of benzene rings is 1. The van der Waals surface area contributed by atoms with Crippen molar-refractivity contribution in [2.24, 2.45) is 0 Å². The largest absolute Gasteiger partial charge is 0.477 e. The van der Waals surface area contributed by atoms with Gasteiger partial charge >= 0.3 is 12.1 Å². The summed E-state index contributed by atoms with van der Waals surface area (Å²) in [6.07, 6.45) is -4.55. The summed E-state index contributed by atoms with van der Waals surface area (Å²) in [6, 6.07) is 2.82. The van der Waals surface area contributed by atoms with Gasteiger partial charge in [-0.1, -0.05) is 11.6 Å². The molecular weight excluding hydrogens is 259 g/mol.